The van der Waals surface area contributed by atoms with Crippen LogP contribution < -0.4 is 0 Å². The Bertz CT molecular complexity index is 165. The van der Waals surface area contributed by atoms with E-state index in [0.717, 1.165) is 0 Å². The van der Waals surface area contributed by atoms with Gasteiger partial charge in [0.1, 0.15) is 0 Å². The standard InChI is InChI=1S/C9H18Si.2CH3.Ti/c1-7(2)9(8(3)4)10(5)6;;;/h10H,1H2,2-6H3;2*1H3;/q;2*-1;+2. The van der Waals surface area contributed by atoms with E-state index >= 15 is 0 Å². The molecular weight excluding hydrogens is 208 g/mol. The van der Waals surface area contributed by atoms with Crippen molar-refractivity contribution in [2.75, 3.05) is 0 Å². The van der Waals surface area contributed by atoms with E-state index in [-0.39, 0.29) is 36.6 Å². The SMILES string of the molecule is C=C(C)C(=C(C)C)[SiH](C)C.[CH3-].[CH3-].[Ti+2]. The predicted molar refractivity (Wildman–Crippen MR) is 64.9 cm³/mol. The molecule has 0 saturated carbocycles. The average molecular weight is 232 g/mol. The second-order valence-electron chi connectivity index (χ2n) is 3.35. The van der Waals surface area contributed by atoms with Crippen LogP contribution in [0.15, 0.2) is 22.9 Å². The molecular formula is C11H24SiTi. The minimum atomic E-state index is -0.621. The summed E-state index contributed by atoms with van der Waals surface area (Å²) in [5.74, 6) is 0. The van der Waals surface area contributed by atoms with Crippen LogP contribution >= 0.6 is 0 Å². The summed E-state index contributed by atoms with van der Waals surface area (Å²) in [4.78, 5) is 0. The molecule has 0 aliphatic carbocycles. The Kier molecular flexibility index (Phi) is 18.8. The fourth-order valence-electron chi connectivity index (χ4n) is 1.50. The molecule has 13 heavy (non-hydrogen) atoms. The van der Waals surface area contributed by atoms with Crippen LogP contribution in [-0.4, -0.2) is 8.80 Å². The first-order valence-electron chi connectivity index (χ1n) is 3.80. The normalized spacial score (nSPS) is 7.54. The Labute approximate surface area is 102 Å². The van der Waals surface area contributed by atoms with Gasteiger partial charge in [-0.15, -0.1) is 0 Å². The van der Waals surface area contributed by atoms with Crippen molar-refractivity contribution < 1.29 is 21.7 Å². The summed E-state index contributed by atoms with van der Waals surface area (Å²) in [6.45, 7) is 15.1. The summed E-state index contributed by atoms with van der Waals surface area (Å²) in [6.07, 6.45) is 0. The maximum atomic E-state index is 3.97. The van der Waals surface area contributed by atoms with Crippen LogP contribution in [0.1, 0.15) is 20.8 Å². The fourth-order valence-corrected chi connectivity index (χ4v) is 3.64. The molecule has 0 aliphatic heterocycles. The average Bonchev–Trinajstić information content (AvgIpc) is 1.59. The van der Waals surface area contributed by atoms with Crippen molar-refractivity contribution in [3.05, 3.63) is 37.8 Å². The Hall–Kier alpha value is 0.411. The Morgan fingerprint density at radius 1 is 1.00 bits per heavy atom. The molecule has 76 valence electrons. The summed E-state index contributed by atoms with van der Waals surface area (Å²) in [6, 6.07) is 0. The molecule has 0 unspecified atom stereocenters. The van der Waals surface area contributed by atoms with Crippen molar-refractivity contribution in [1.29, 1.82) is 0 Å². The van der Waals surface area contributed by atoms with Crippen molar-refractivity contribution in [1.82, 2.24) is 0 Å². The molecule has 0 radical (unpaired) electrons. The van der Waals surface area contributed by atoms with Crippen LogP contribution in [0.25, 0.3) is 0 Å². The first-order valence-corrected chi connectivity index (χ1v) is 6.68. The van der Waals surface area contributed by atoms with Gasteiger partial charge in [0.05, 0.1) is 8.80 Å². The smallest absolute Gasteiger partial charge is 0.358 e. The number of rotatable bonds is 2. The van der Waals surface area contributed by atoms with Crippen LogP contribution in [0.2, 0.25) is 13.1 Å². The van der Waals surface area contributed by atoms with Gasteiger partial charge < -0.3 is 14.9 Å². The minimum absolute atomic E-state index is 0. The Morgan fingerprint density at radius 3 is 1.31 bits per heavy atom. The molecule has 0 amide bonds. The van der Waals surface area contributed by atoms with Gasteiger partial charge in [0, 0.05) is 0 Å². The fraction of sp³-hybridized carbons (Fsp3) is 0.455. The maximum Gasteiger partial charge on any atom is 2.00 e. The van der Waals surface area contributed by atoms with E-state index in [4.69, 9.17) is 0 Å². The topological polar surface area (TPSA) is 0 Å². The van der Waals surface area contributed by atoms with Gasteiger partial charge in [0.15, 0.2) is 0 Å². The Balaban J connectivity index is -0.000000135. The molecule has 0 aromatic heterocycles. The zero-order chi connectivity index (χ0) is 8.31. The van der Waals surface area contributed by atoms with E-state index in [1.807, 2.05) is 0 Å². The number of hydrogen-bond donors (Lipinski definition) is 0. The monoisotopic (exact) mass is 232 g/mol. The van der Waals surface area contributed by atoms with E-state index in [0.29, 0.717) is 0 Å². The van der Waals surface area contributed by atoms with Gasteiger partial charge in [-0.3, -0.25) is 0 Å². The molecule has 0 bridgehead atoms. The first-order chi connectivity index (χ1) is 4.46. The van der Waals surface area contributed by atoms with Crippen molar-refractivity contribution in [2.45, 2.75) is 33.9 Å². The molecule has 0 heterocycles. The van der Waals surface area contributed by atoms with Crippen molar-refractivity contribution >= 4 is 8.80 Å². The molecule has 0 fully saturated rings. The summed E-state index contributed by atoms with van der Waals surface area (Å²) >= 11 is 0. The van der Waals surface area contributed by atoms with Gasteiger partial charge in [-0.25, -0.2) is 0 Å². The summed E-state index contributed by atoms with van der Waals surface area (Å²) < 4.78 is 0. The first kappa shape index (κ1) is 23.3. The largest absolute Gasteiger partial charge is 2.00 e. The third-order valence-corrected chi connectivity index (χ3v) is 3.80. The molecule has 2 heteroatoms. The molecule has 0 nitrogen and oxygen atoms in total. The van der Waals surface area contributed by atoms with Crippen molar-refractivity contribution in [2.24, 2.45) is 0 Å². The zero-order valence-corrected chi connectivity index (χ0v) is 13.0. The number of allylic oxidation sites excluding steroid dienone is 3. The maximum absolute atomic E-state index is 3.97. The van der Waals surface area contributed by atoms with Crippen LogP contribution in [0.3, 0.4) is 0 Å². The summed E-state index contributed by atoms with van der Waals surface area (Å²) in [5, 5.41) is 1.56. The summed E-state index contributed by atoms with van der Waals surface area (Å²) in [7, 11) is -0.621. The minimum Gasteiger partial charge on any atom is -0.358 e. The van der Waals surface area contributed by atoms with Gasteiger partial charge in [0.2, 0.25) is 0 Å². The van der Waals surface area contributed by atoms with E-state index < -0.39 is 8.80 Å². The van der Waals surface area contributed by atoms with E-state index in [2.05, 4.69) is 40.4 Å². The van der Waals surface area contributed by atoms with Crippen LogP contribution in [0.4, 0.5) is 0 Å². The molecule has 0 spiro atoms. The molecule has 0 aromatic rings. The molecule has 0 aromatic carbocycles. The third kappa shape index (κ3) is 8.73. The second-order valence-corrected chi connectivity index (χ2v) is 6.24. The van der Waals surface area contributed by atoms with E-state index in [9.17, 15) is 0 Å². The van der Waals surface area contributed by atoms with Gasteiger partial charge >= 0.3 is 21.7 Å². The molecule has 0 saturated heterocycles. The molecule has 0 atom stereocenters. The van der Waals surface area contributed by atoms with Crippen LogP contribution in [-0.2, 0) is 21.7 Å². The van der Waals surface area contributed by atoms with Crippen LogP contribution in [0, 0.1) is 14.9 Å². The molecule has 0 aliphatic rings. The second kappa shape index (κ2) is 10.5. The van der Waals surface area contributed by atoms with E-state index in [1.165, 1.54) is 11.1 Å². The van der Waals surface area contributed by atoms with Gasteiger partial charge in [-0.1, -0.05) is 36.0 Å². The summed E-state index contributed by atoms with van der Waals surface area (Å²) in [5.41, 5.74) is 2.72. The third-order valence-electron chi connectivity index (χ3n) is 1.58. The predicted octanol–water partition coefficient (Wildman–Crippen LogP) is 3.82. The van der Waals surface area contributed by atoms with Gasteiger partial charge in [-0.2, -0.15) is 0 Å². The molecule has 0 N–H and O–H groups in total. The Morgan fingerprint density at radius 2 is 1.31 bits per heavy atom. The van der Waals surface area contributed by atoms with Crippen LogP contribution in [0.5, 0.6) is 0 Å². The number of hydrogen-bond acceptors (Lipinski definition) is 0. The van der Waals surface area contributed by atoms with Gasteiger partial charge in [-0.05, 0) is 20.8 Å². The van der Waals surface area contributed by atoms with Gasteiger partial charge in [0.25, 0.3) is 0 Å². The molecule has 0 rings (SSSR count). The quantitative estimate of drug-likeness (QED) is 0.385. The van der Waals surface area contributed by atoms with Crippen molar-refractivity contribution in [3.8, 4) is 0 Å². The van der Waals surface area contributed by atoms with E-state index in [1.54, 1.807) is 5.20 Å². The van der Waals surface area contributed by atoms with Crippen molar-refractivity contribution in [3.63, 3.8) is 0 Å². The zero-order valence-electron chi connectivity index (χ0n) is 10.3.